The molecule has 2 aromatic carbocycles. The molecule has 0 atom stereocenters. The lowest BCUT2D eigenvalue weighted by molar-refractivity contribution is 0.623. The van der Waals surface area contributed by atoms with Crippen LogP contribution in [0.15, 0.2) is 48.7 Å². The highest BCUT2D eigenvalue weighted by atomic mass is 19.1. The number of aromatic amines is 1. The van der Waals surface area contributed by atoms with Gasteiger partial charge in [-0.3, -0.25) is 5.10 Å². The number of fused-ring (bicyclic) bond motifs is 1. The summed E-state index contributed by atoms with van der Waals surface area (Å²) in [6, 6.07) is 12.6. The zero-order valence-corrected chi connectivity index (χ0v) is 15.3. The van der Waals surface area contributed by atoms with Gasteiger partial charge in [-0.1, -0.05) is 12.1 Å². The number of nitrogens with two attached hydrogens (primary N) is 2. The normalized spacial score (nSPS) is 11.2. The molecule has 0 saturated heterocycles. The van der Waals surface area contributed by atoms with Crippen LogP contribution in [0.4, 0.5) is 16.2 Å². The van der Waals surface area contributed by atoms with Crippen molar-refractivity contribution in [3.63, 3.8) is 0 Å². The second kappa shape index (κ2) is 7.64. The molecule has 4 rings (SSSR count). The van der Waals surface area contributed by atoms with Gasteiger partial charge in [0, 0.05) is 17.1 Å². The lowest BCUT2D eigenvalue weighted by Gasteiger charge is -2.09. The van der Waals surface area contributed by atoms with Crippen molar-refractivity contribution in [3.05, 3.63) is 65.6 Å². The highest BCUT2D eigenvalue weighted by molar-refractivity contribution is 5.94. The SMILES string of the molecule is Nc1nccc(-c2cc(CCCCc3cccc(F)c3)c3c(N)n[nH]c3c2)n1. The Bertz CT molecular complexity index is 1120. The van der Waals surface area contributed by atoms with Crippen LogP contribution in [0.25, 0.3) is 22.2 Å². The zero-order chi connectivity index (χ0) is 19.5. The molecule has 0 fully saturated rings. The molecule has 0 saturated carbocycles. The smallest absolute Gasteiger partial charge is 0.220 e. The Morgan fingerprint density at radius 1 is 1.00 bits per heavy atom. The van der Waals surface area contributed by atoms with E-state index in [0.29, 0.717) is 5.82 Å². The van der Waals surface area contributed by atoms with Crippen molar-refractivity contribution < 1.29 is 4.39 Å². The Morgan fingerprint density at radius 2 is 1.86 bits per heavy atom. The van der Waals surface area contributed by atoms with Crippen molar-refractivity contribution in [1.29, 1.82) is 0 Å². The molecule has 0 unspecified atom stereocenters. The molecule has 6 nitrogen and oxygen atoms in total. The van der Waals surface area contributed by atoms with Gasteiger partial charge in [-0.2, -0.15) is 5.10 Å². The average Bonchev–Trinajstić information content (AvgIpc) is 3.06. The van der Waals surface area contributed by atoms with E-state index in [-0.39, 0.29) is 11.8 Å². The van der Waals surface area contributed by atoms with Crippen LogP contribution in [-0.4, -0.2) is 20.2 Å². The standard InChI is InChI=1S/C21H21FN6/c22-16-7-3-5-13(10-16)4-1-2-6-14-11-15(17-8-9-25-21(24)26-17)12-18-19(14)20(23)28-27-18/h3,5,7-12H,1-2,4,6H2,(H3,23,27,28)(H2,24,25,26). The van der Waals surface area contributed by atoms with Gasteiger partial charge in [-0.25, -0.2) is 14.4 Å². The molecule has 0 aliphatic carbocycles. The first kappa shape index (κ1) is 17.9. The van der Waals surface area contributed by atoms with Gasteiger partial charge in [0.25, 0.3) is 0 Å². The lowest BCUT2D eigenvalue weighted by atomic mass is 9.98. The van der Waals surface area contributed by atoms with E-state index >= 15 is 0 Å². The van der Waals surface area contributed by atoms with Crippen molar-refractivity contribution in [1.82, 2.24) is 20.2 Å². The zero-order valence-electron chi connectivity index (χ0n) is 15.3. The number of hydrogen-bond acceptors (Lipinski definition) is 5. The van der Waals surface area contributed by atoms with Crippen LogP contribution < -0.4 is 11.5 Å². The molecule has 0 amide bonds. The molecule has 4 aromatic rings. The van der Waals surface area contributed by atoms with Gasteiger partial charge in [-0.15, -0.1) is 0 Å². The molecule has 0 bridgehead atoms. The largest absolute Gasteiger partial charge is 0.382 e. The van der Waals surface area contributed by atoms with Gasteiger partial charge in [0.15, 0.2) is 5.82 Å². The molecule has 7 heteroatoms. The third-order valence-corrected chi connectivity index (χ3v) is 4.79. The van der Waals surface area contributed by atoms with E-state index < -0.39 is 0 Å². The third-order valence-electron chi connectivity index (χ3n) is 4.79. The first-order valence-electron chi connectivity index (χ1n) is 9.20. The van der Waals surface area contributed by atoms with Crippen LogP contribution >= 0.6 is 0 Å². The van der Waals surface area contributed by atoms with E-state index in [1.165, 1.54) is 6.07 Å². The first-order valence-corrected chi connectivity index (χ1v) is 9.20. The van der Waals surface area contributed by atoms with E-state index in [0.717, 1.165) is 59.0 Å². The summed E-state index contributed by atoms with van der Waals surface area (Å²) in [5.74, 6) is 0.532. The van der Waals surface area contributed by atoms with Crippen LogP contribution in [0.5, 0.6) is 0 Å². The van der Waals surface area contributed by atoms with Crippen LogP contribution in [0, 0.1) is 5.82 Å². The Morgan fingerprint density at radius 3 is 2.68 bits per heavy atom. The van der Waals surface area contributed by atoms with Crippen LogP contribution in [0.1, 0.15) is 24.0 Å². The van der Waals surface area contributed by atoms with Crippen LogP contribution in [0.3, 0.4) is 0 Å². The second-order valence-electron chi connectivity index (χ2n) is 6.80. The summed E-state index contributed by atoms with van der Waals surface area (Å²) in [6.07, 6.45) is 5.22. The maximum Gasteiger partial charge on any atom is 0.220 e. The van der Waals surface area contributed by atoms with E-state index in [2.05, 4.69) is 26.2 Å². The molecule has 142 valence electrons. The number of aromatic nitrogens is 4. The number of nitrogen functional groups attached to an aromatic ring is 2. The van der Waals surface area contributed by atoms with Crippen molar-refractivity contribution >= 4 is 22.7 Å². The Hall–Kier alpha value is -3.48. The van der Waals surface area contributed by atoms with Gasteiger partial charge in [0.1, 0.15) is 5.82 Å². The Balaban J connectivity index is 1.56. The molecule has 2 heterocycles. The minimum atomic E-state index is -0.192. The number of anilines is 2. The number of nitrogens with zero attached hydrogens (tertiary/aromatic N) is 3. The fourth-order valence-electron chi connectivity index (χ4n) is 3.49. The fourth-order valence-corrected chi connectivity index (χ4v) is 3.49. The lowest BCUT2D eigenvalue weighted by Crippen LogP contribution is -1.97. The van der Waals surface area contributed by atoms with E-state index in [9.17, 15) is 4.39 Å². The summed E-state index contributed by atoms with van der Waals surface area (Å²) in [5.41, 5.74) is 16.5. The van der Waals surface area contributed by atoms with E-state index in [4.69, 9.17) is 11.5 Å². The molecule has 2 aromatic heterocycles. The van der Waals surface area contributed by atoms with Crippen molar-refractivity contribution in [2.75, 3.05) is 11.5 Å². The molecule has 28 heavy (non-hydrogen) atoms. The topological polar surface area (TPSA) is 106 Å². The summed E-state index contributed by atoms with van der Waals surface area (Å²) in [7, 11) is 0. The van der Waals surface area contributed by atoms with Crippen molar-refractivity contribution in [2.45, 2.75) is 25.7 Å². The molecule has 5 N–H and O–H groups in total. The van der Waals surface area contributed by atoms with Gasteiger partial charge in [0.05, 0.1) is 11.2 Å². The number of halogens is 1. The number of unbranched alkanes of at least 4 members (excludes halogenated alkanes) is 1. The summed E-state index contributed by atoms with van der Waals surface area (Å²) in [6.45, 7) is 0. The molecule has 0 aliphatic rings. The first-order chi connectivity index (χ1) is 13.6. The van der Waals surface area contributed by atoms with E-state index in [1.54, 1.807) is 18.3 Å². The number of hydrogen-bond donors (Lipinski definition) is 3. The summed E-state index contributed by atoms with van der Waals surface area (Å²) >= 11 is 0. The molecule has 0 aliphatic heterocycles. The number of aryl methyl sites for hydroxylation is 2. The fraction of sp³-hybridized carbons (Fsp3) is 0.190. The third kappa shape index (κ3) is 3.78. The number of H-pyrrole nitrogens is 1. The highest BCUT2D eigenvalue weighted by Gasteiger charge is 2.12. The summed E-state index contributed by atoms with van der Waals surface area (Å²) in [4.78, 5) is 8.26. The monoisotopic (exact) mass is 376 g/mol. The maximum atomic E-state index is 13.3. The number of nitrogens with one attached hydrogen (secondary N) is 1. The Kier molecular flexibility index (Phi) is 4.89. The average molecular weight is 376 g/mol. The molecule has 0 radical (unpaired) electrons. The molecule has 0 spiro atoms. The van der Waals surface area contributed by atoms with Crippen LogP contribution in [-0.2, 0) is 12.8 Å². The highest BCUT2D eigenvalue weighted by Crippen LogP contribution is 2.30. The van der Waals surface area contributed by atoms with Crippen LogP contribution in [0.2, 0.25) is 0 Å². The van der Waals surface area contributed by atoms with Gasteiger partial charge in [0.2, 0.25) is 5.95 Å². The number of rotatable bonds is 6. The second-order valence-corrected chi connectivity index (χ2v) is 6.80. The predicted molar refractivity (Wildman–Crippen MR) is 109 cm³/mol. The van der Waals surface area contributed by atoms with Gasteiger partial charge >= 0.3 is 0 Å². The molecular formula is C21H21FN6. The van der Waals surface area contributed by atoms with Gasteiger partial charge < -0.3 is 11.5 Å². The van der Waals surface area contributed by atoms with Crippen molar-refractivity contribution in [2.24, 2.45) is 0 Å². The minimum absolute atomic E-state index is 0.192. The van der Waals surface area contributed by atoms with Gasteiger partial charge in [-0.05, 0) is 67.1 Å². The Labute approximate surface area is 161 Å². The predicted octanol–water partition coefficient (Wildman–Crippen LogP) is 3.89. The minimum Gasteiger partial charge on any atom is -0.382 e. The summed E-state index contributed by atoms with van der Waals surface area (Å²) in [5, 5.41) is 8.07. The summed E-state index contributed by atoms with van der Waals surface area (Å²) < 4.78 is 13.3. The van der Waals surface area contributed by atoms with Crippen molar-refractivity contribution in [3.8, 4) is 11.3 Å². The maximum absolute atomic E-state index is 13.3. The quantitative estimate of drug-likeness (QED) is 0.443. The molecular weight excluding hydrogens is 355 g/mol. The number of benzene rings is 2. The van der Waals surface area contributed by atoms with E-state index in [1.807, 2.05) is 18.2 Å².